The van der Waals surface area contributed by atoms with Gasteiger partial charge in [-0.2, -0.15) is 0 Å². The van der Waals surface area contributed by atoms with Gasteiger partial charge in [0.05, 0.1) is 10.0 Å². The Kier molecular flexibility index (Phi) is 3.90. The second-order valence-electron chi connectivity index (χ2n) is 3.97. The molecule has 2 aromatic rings. The third-order valence-corrected chi connectivity index (χ3v) is 3.32. The molecule has 92 valence electrons. The fourth-order valence-electron chi connectivity index (χ4n) is 1.61. The average molecular weight is 280 g/mol. The molecule has 0 saturated heterocycles. The molecule has 0 aliphatic heterocycles. The van der Waals surface area contributed by atoms with Crippen LogP contribution in [0.3, 0.4) is 0 Å². The summed E-state index contributed by atoms with van der Waals surface area (Å²) >= 11 is 11.7. The number of rotatable bonds is 3. The fourth-order valence-corrected chi connectivity index (χ4v) is 1.93. The minimum atomic E-state index is 0.0217. The van der Waals surface area contributed by atoms with Crippen molar-refractivity contribution >= 4 is 34.7 Å². The molecule has 18 heavy (non-hydrogen) atoms. The lowest BCUT2D eigenvalue weighted by molar-refractivity contribution is 0.0993. The van der Waals surface area contributed by atoms with Crippen molar-refractivity contribution in [2.24, 2.45) is 0 Å². The normalized spacial score (nSPS) is 10.3. The van der Waals surface area contributed by atoms with Crippen molar-refractivity contribution in [1.82, 2.24) is 0 Å². The summed E-state index contributed by atoms with van der Waals surface area (Å²) in [6.45, 7) is 0. The minimum absolute atomic E-state index is 0.0217. The van der Waals surface area contributed by atoms with Crippen LogP contribution >= 0.6 is 23.2 Å². The van der Waals surface area contributed by atoms with Crippen LogP contribution in [0, 0.1) is 0 Å². The number of carbonyl (C=O) groups is 1. The molecule has 0 fully saturated rings. The number of hydrogen-bond acceptors (Lipinski definition) is 2. The molecule has 0 aliphatic rings. The summed E-state index contributed by atoms with van der Waals surface area (Å²) in [6, 6.07) is 12.0. The number of benzene rings is 2. The van der Waals surface area contributed by atoms with Gasteiger partial charge in [0, 0.05) is 17.7 Å². The lowest BCUT2D eigenvalue weighted by Gasteiger charge is -2.03. The molecule has 0 heterocycles. The van der Waals surface area contributed by atoms with Gasteiger partial charge in [0.15, 0.2) is 5.78 Å². The highest BCUT2D eigenvalue weighted by atomic mass is 35.5. The number of carbonyl (C=O) groups excluding carboxylic acids is 1. The van der Waals surface area contributed by atoms with E-state index in [0.717, 1.165) is 5.56 Å². The predicted octanol–water partition coefficient (Wildman–Crippen LogP) is 4.00. The first-order valence-electron chi connectivity index (χ1n) is 5.39. The van der Waals surface area contributed by atoms with Crippen LogP contribution < -0.4 is 5.73 Å². The molecule has 0 atom stereocenters. The standard InChI is InChI=1S/C14H11Cl2NO/c15-12-6-1-9(7-13(12)16)8-14(18)10-2-4-11(17)5-3-10/h1-7H,8,17H2. The highest BCUT2D eigenvalue weighted by molar-refractivity contribution is 6.42. The van der Waals surface area contributed by atoms with E-state index in [2.05, 4.69) is 0 Å². The molecule has 0 bridgehead atoms. The number of halogens is 2. The molecule has 0 saturated carbocycles. The van der Waals surface area contributed by atoms with Gasteiger partial charge in [-0.1, -0.05) is 29.3 Å². The SMILES string of the molecule is Nc1ccc(C(=O)Cc2ccc(Cl)c(Cl)c2)cc1. The quantitative estimate of drug-likeness (QED) is 0.682. The largest absolute Gasteiger partial charge is 0.399 e. The molecule has 4 heteroatoms. The Balaban J connectivity index is 2.16. The maximum Gasteiger partial charge on any atom is 0.167 e. The van der Waals surface area contributed by atoms with Crippen LogP contribution in [0.2, 0.25) is 10.0 Å². The zero-order chi connectivity index (χ0) is 13.1. The first-order valence-corrected chi connectivity index (χ1v) is 6.14. The number of nitrogen functional groups attached to an aromatic ring is 1. The number of nitrogens with two attached hydrogens (primary N) is 1. The van der Waals surface area contributed by atoms with E-state index in [4.69, 9.17) is 28.9 Å². The van der Waals surface area contributed by atoms with Crippen LogP contribution in [0.4, 0.5) is 5.69 Å². The summed E-state index contributed by atoms with van der Waals surface area (Å²) in [4.78, 5) is 12.0. The number of anilines is 1. The molecule has 0 spiro atoms. The topological polar surface area (TPSA) is 43.1 Å². The van der Waals surface area contributed by atoms with Crippen molar-refractivity contribution in [3.05, 3.63) is 63.6 Å². The zero-order valence-electron chi connectivity index (χ0n) is 9.49. The highest BCUT2D eigenvalue weighted by Gasteiger charge is 2.08. The van der Waals surface area contributed by atoms with Crippen molar-refractivity contribution in [2.45, 2.75) is 6.42 Å². The Labute approximate surface area is 115 Å². The van der Waals surface area contributed by atoms with Gasteiger partial charge in [0.2, 0.25) is 0 Å². The van der Waals surface area contributed by atoms with Crippen molar-refractivity contribution in [1.29, 1.82) is 0 Å². The first-order chi connectivity index (χ1) is 8.56. The van der Waals surface area contributed by atoms with Gasteiger partial charge in [-0.3, -0.25) is 4.79 Å². The van der Waals surface area contributed by atoms with Gasteiger partial charge in [-0.25, -0.2) is 0 Å². The van der Waals surface area contributed by atoms with E-state index in [0.29, 0.717) is 27.7 Å². The smallest absolute Gasteiger partial charge is 0.167 e. The molecule has 0 amide bonds. The molecule has 0 aliphatic carbocycles. The third kappa shape index (κ3) is 3.03. The van der Waals surface area contributed by atoms with E-state index >= 15 is 0 Å². The van der Waals surface area contributed by atoms with Gasteiger partial charge in [-0.15, -0.1) is 0 Å². The average Bonchev–Trinajstić information content (AvgIpc) is 2.34. The van der Waals surface area contributed by atoms with Crippen LogP contribution in [-0.2, 0) is 6.42 Å². The Morgan fingerprint density at radius 1 is 1.00 bits per heavy atom. The molecule has 2 rings (SSSR count). The number of ketones is 1. The molecule has 2 N–H and O–H groups in total. The summed E-state index contributed by atoms with van der Waals surface area (Å²) in [5.41, 5.74) is 7.69. The van der Waals surface area contributed by atoms with Gasteiger partial charge in [0.1, 0.15) is 0 Å². The molecule has 2 nitrogen and oxygen atoms in total. The molecule has 0 unspecified atom stereocenters. The molecular formula is C14H11Cl2NO. The highest BCUT2D eigenvalue weighted by Crippen LogP contribution is 2.23. The van der Waals surface area contributed by atoms with E-state index in [1.165, 1.54) is 0 Å². The number of hydrogen-bond donors (Lipinski definition) is 1. The van der Waals surface area contributed by atoms with Gasteiger partial charge < -0.3 is 5.73 Å². The predicted molar refractivity (Wildman–Crippen MR) is 75.4 cm³/mol. The lowest BCUT2D eigenvalue weighted by atomic mass is 10.0. The maximum absolute atomic E-state index is 12.0. The monoisotopic (exact) mass is 279 g/mol. The Hall–Kier alpha value is -1.51. The second-order valence-corrected chi connectivity index (χ2v) is 4.78. The second kappa shape index (κ2) is 5.42. The minimum Gasteiger partial charge on any atom is -0.399 e. The summed E-state index contributed by atoms with van der Waals surface area (Å²) in [7, 11) is 0. The van der Waals surface area contributed by atoms with E-state index in [1.54, 1.807) is 42.5 Å². The van der Waals surface area contributed by atoms with Crippen LogP contribution in [-0.4, -0.2) is 5.78 Å². The van der Waals surface area contributed by atoms with E-state index in [1.807, 2.05) is 0 Å². The van der Waals surface area contributed by atoms with Crippen molar-refractivity contribution < 1.29 is 4.79 Å². The van der Waals surface area contributed by atoms with Crippen LogP contribution in [0.25, 0.3) is 0 Å². The van der Waals surface area contributed by atoms with E-state index < -0.39 is 0 Å². The zero-order valence-corrected chi connectivity index (χ0v) is 11.0. The maximum atomic E-state index is 12.0. The van der Waals surface area contributed by atoms with Gasteiger partial charge in [-0.05, 0) is 42.0 Å². The fraction of sp³-hybridized carbons (Fsp3) is 0.0714. The van der Waals surface area contributed by atoms with Crippen LogP contribution in [0.1, 0.15) is 15.9 Å². The number of Topliss-reactive ketones (excluding diaryl/α,β-unsaturated/α-hetero) is 1. The van der Waals surface area contributed by atoms with Crippen LogP contribution in [0.15, 0.2) is 42.5 Å². The van der Waals surface area contributed by atoms with Crippen molar-refractivity contribution in [3.8, 4) is 0 Å². The van der Waals surface area contributed by atoms with E-state index in [9.17, 15) is 4.79 Å². The summed E-state index contributed by atoms with van der Waals surface area (Å²) in [5.74, 6) is 0.0217. The third-order valence-electron chi connectivity index (χ3n) is 2.58. The Bertz CT molecular complexity index is 579. The van der Waals surface area contributed by atoms with Crippen molar-refractivity contribution in [2.75, 3.05) is 5.73 Å². The first kappa shape index (κ1) is 12.9. The van der Waals surface area contributed by atoms with Gasteiger partial charge >= 0.3 is 0 Å². The van der Waals surface area contributed by atoms with Crippen molar-refractivity contribution in [3.63, 3.8) is 0 Å². The van der Waals surface area contributed by atoms with Gasteiger partial charge in [0.25, 0.3) is 0 Å². The summed E-state index contributed by atoms with van der Waals surface area (Å²) < 4.78 is 0. The summed E-state index contributed by atoms with van der Waals surface area (Å²) in [6.07, 6.45) is 0.292. The Morgan fingerprint density at radius 3 is 2.28 bits per heavy atom. The Morgan fingerprint density at radius 2 is 1.67 bits per heavy atom. The molecule has 0 aromatic heterocycles. The molecular weight excluding hydrogens is 269 g/mol. The van der Waals surface area contributed by atoms with E-state index in [-0.39, 0.29) is 5.78 Å². The lowest BCUT2D eigenvalue weighted by Crippen LogP contribution is -2.03. The molecule has 0 radical (unpaired) electrons. The van der Waals surface area contributed by atoms with Crippen LogP contribution in [0.5, 0.6) is 0 Å². The summed E-state index contributed by atoms with van der Waals surface area (Å²) in [5, 5.41) is 0.944. The molecule has 2 aromatic carbocycles.